The zero-order valence-electron chi connectivity index (χ0n) is 13.7. The molecule has 0 spiro atoms. The lowest BCUT2D eigenvalue weighted by molar-refractivity contribution is -0.701. The summed E-state index contributed by atoms with van der Waals surface area (Å²) in [4.78, 5) is 0. The van der Waals surface area contributed by atoms with Crippen molar-refractivity contribution >= 4 is 0 Å². The summed E-state index contributed by atoms with van der Waals surface area (Å²) in [5, 5.41) is 2.38. The second kappa shape index (κ2) is 8.44. The summed E-state index contributed by atoms with van der Waals surface area (Å²) in [5.41, 5.74) is 2.61. The Kier molecular flexibility index (Phi) is 6.28. The highest BCUT2D eigenvalue weighted by molar-refractivity contribution is 5.32. The SMILES string of the molecule is COc1ccc(CC[C@H](C)[NH2+]Cc2ccccc2OC)cc1. The molecule has 0 saturated heterocycles. The van der Waals surface area contributed by atoms with Gasteiger partial charge in [-0.15, -0.1) is 0 Å². The van der Waals surface area contributed by atoms with Crippen LogP contribution in [0.1, 0.15) is 24.5 Å². The van der Waals surface area contributed by atoms with Gasteiger partial charge in [0.25, 0.3) is 0 Å². The minimum absolute atomic E-state index is 0.576. The van der Waals surface area contributed by atoms with E-state index in [9.17, 15) is 0 Å². The van der Waals surface area contributed by atoms with Crippen molar-refractivity contribution in [3.05, 3.63) is 59.7 Å². The number of benzene rings is 2. The van der Waals surface area contributed by atoms with Crippen molar-refractivity contribution < 1.29 is 14.8 Å². The zero-order valence-corrected chi connectivity index (χ0v) is 13.7. The first-order valence-corrected chi connectivity index (χ1v) is 7.81. The van der Waals surface area contributed by atoms with Crippen LogP contribution in [0.4, 0.5) is 0 Å². The van der Waals surface area contributed by atoms with Gasteiger partial charge in [-0.3, -0.25) is 0 Å². The van der Waals surface area contributed by atoms with Gasteiger partial charge in [0.2, 0.25) is 0 Å². The number of ether oxygens (including phenoxy) is 2. The molecule has 2 aromatic carbocycles. The van der Waals surface area contributed by atoms with E-state index in [4.69, 9.17) is 9.47 Å². The van der Waals surface area contributed by atoms with E-state index in [1.165, 1.54) is 11.1 Å². The van der Waals surface area contributed by atoms with Crippen LogP contribution >= 0.6 is 0 Å². The van der Waals surface area contributed by atoms with Gasteiger partial charge in [-0.1, -0.05) is 24.3 Å². The molecule has 0 aliphatic carbocycles. The molecule has 0 aliphatic rings. The van der Waals surface area contributed by atoms with E-state index in [0.29, 0.717) is 6.04 Å². The zero-order chi connectivity index (χ0) is 15.8. The molecule has 0 aliphatic heterocycles. The van der Waals surface area contributed by atoms with E-state index in [-0.39, 0.29) is 0 Å². The first-order valence-electron chi connectivity index (χ1n) is 7.81. The van der Waals surface area contributed by atoms with Crippen molar-refractivity contribution in [3.8, 4) is 11.5 Å². The van der Waals surface area contributed by atoms with Crippen molar-refractivity contribution in [1.29, 1.82) is 0 Å². The van der Waals surface area contributed by atoms with E-state index >= 15 is 0 Å². The molecule has 22 heavy (non-hydrogen) atoms. The number of quaternary nitrogens is 1. The van der Waals surface area contributed by atoms with Gasteiger partial charge in [-0.05, 0) is 43.2 Å². The molecule has 0 amide bonds. The van der Waals surface area contributed by atoms with Gasteiger partial charge >= 0.3 is 0 Å². The van der Waals surface area contributed by atoms with Crippen LogP contribution in [-0.2, 0) is 13.0 Å². The van der Waals surface area contributed by atoms with Crippen LogP contribution < -0.4 is 14.8 Å². The summed E-state index contributed by atoms with van der Waals surface area (Å²) >= 11 is 0. The summed E-state index contributed by atoms with van der Waals surface area (Å²) in [5.74, 6) is 1.89. The Morgan fingerprint density at radius 1 is 0.955 bits per heavy atom. The van der Waals surface area contributed by atoms with Gasteiger partial charge in [-0.2, -0.15) is 0 Å². The van der Waals surface area contributed by atoms with Gasteiger partial charge < -0.3 is 14.8 Å². The molecule has 0 heterocycles. The Labute approximate surface area is 133 Å². The fourth-order valence-corrected chi connectivity index (χ4v) is 2.50. The van der Waals surface area contributed by atoms with Crippen LogP contribution in [0.5, 0.6) is 11.5 Å². The Bertz CT molecular complexity index is 566. The number of aryl methyl sites for hydroxylation is 1. The van der Waals surface area contributed by atoms with E-state index < -0.39 is 0 Å². The van der Waals surface area contributed by atoms with Gasteiger partial charge in [-0.25, -0.2) is 0 Å². The normalized spacial score (nSPS) is 12.0. The maximum absolute atomic E-state index is 5.40. The summed E-state index contributed by atoms with van der Waals surface area (Å²) in [6.07, 6.45) is 2.25. The first kappa shape index (κ1) is 16.4. The van der Waals surface area contributed by atoms with Gasteiger partial charge in [0.1, 0.15) is 18.0 Å². The highest BCUT2D eigenvalue weighted by Gasteiger charge is 2.08. The van der Waals surface area contributed by atoms with E-state index in [2.05, 4.69) is 36.5 Å². The molecule has 2 N–H and O–H groups in total. The molecule has 0 bridgehead atoms. The third-order valence-corrected chi connectivity index (χ3v) is 3.98. The minimum atomic E-state index is 0.576. The summed E-state index contributed by atoms with van der Waals surface area (Å²) in [7, 11) is 3.43. The minimum Gasteiger partial charge on any atom is -0.497 e. The van der Waals surface area contributed by atoms with Gasteiger partial charge in [0.05, 0.1) is 20.3 Å². The lowest BCUT2D eigenvalue weighted by Gasteiger charge is -2.13. The third kappa shape index (κ3) is 4.78. The summed E-state index contributed by atoms with van der Waals surface area (Å²) in [6, 6.07) is 17.1. The highest BCUT2D eigenvalue weighted by atomic mass is 16.5. The highest BCUT2D eigenvalue weighted by Crippen LogP contribution is 2.16. The topological polar surface area (TPSA) is 35.1 Å². The number of hydrogen-bond acceptors (Lipinski definition) is 2. The molecule has 0 saturated carbocycles. The van der Waals surface area contributed by atoms with Crippen molar-refractivity contribution in [2.45, 2.75) is 32.4 Å². The number of nitrogens with two attached hydrogens (primary N) is 1. The molecule has 1 atom stereocenters. The predicted octanol–water partition coefficient (Wildman–Crippen LogP) is 2.79. The van der Waals surface area contributed by atoms with Crippen LogP contribution in [0, 0.1) is 0 Å². The monoisotopic (exact) mass is 300 g/mol. The molecule has 0 unspecified atom stereocenters. The van der Waals surface area contributed by atoms with Crippen LogP contribution in [0.2, 0.25) is 0 Å². The Morgan fingerprint density at radius 2 is 1.68 bits per heavy atom. The van der Waals surface area contributed by atoms with Crippen molar-refractivity contribution in [2.75, 3.05) is 14.2 Å². The maximum Gasteiger partial charge on any atom is 0.127 e. The fraction of sp³-hybridized carbons (Fsp3) is 0.368. The molecular formula is C19H26NO2+. The van der Waals surface area contributed by atoms with Crippen LogP contribution in [0.25, 0.3) is 0 Å². The Balaban J connectivity index is 1.78. The van der Waals surface area contributed by atoms with Gasteiger partial charge in [0, 0.05) is 12.0 Å². The lowest BCUT2D eigenvalue weighted by Crippen LogP contribution is -2.87. The molecule has 2 rings (SSSR count). The molecule has 0 fully saturated rings. The second-order valence-electron chi connectivity index (χ2n) is 5.62. The van der Waals surface area contributed by atoms with E-state index in [0.717, 1.165) is 30.9 Å². The quantitative estimate of drug-likeness (QED) is 0.813. The molecule has 0 aromatic heterocycles. The smallest absolute Gasteiger partial charge is 0.127 e. The van der Waals surface area contributed by atoms with Crippen LogP contribution in [0.3, 0.4) is 0 Å². The standard InChI is InChI=1S/C19H25NO2/c1-15(8-9-16-10-12-18(21-2)13-11-16)20-14-17-6-4-5-7-19(17)22-3/h4-7,10-13,15,20H,8-9,14H2,1-3H3/p+1/t15-/m0/s1. The molecule has 2 aromatic rings. The van der Waals surface area contributed by atoms with Crippen molar-refractivity contribution in [2.24, 2.45) is 0 Å². The summed E-state index contributed by atoms with van der Waals surface area (Å²) in [6.45, 7) is 3.23. The first-order chi connectivity index (χ1) is 10.7. The molecule has 118 valence electrons. The number of hydrogen-bond donors (Lipinski definition) is 1. The second-order valence-corrected chi connectivity index (χ2v) is 5.62. The fourth-order valence-electron chi connectivity index (χ4n) is 2.50. The average Bonchev–Trinajstić information content (AvgIpc) is 2.58. The number of methoxy groups -OCH3 is 2. The predicted molar refractivity (Wildman–Crippen MR) is 89.4 cm³/mol. The Hall–Kier alpha value is -2.00. The van der Waals surface area contributed by atoms with E-state index in [1.807, 2.05) is 24.3 Å². The molecule has 3 nitrogen and oxygen atoms in total. The largest absolute Gasteiger partial charge is 0.497 e. The van der Waals surface area contributed by atoms with Crippen molar-refractivity contribution in [3.63, 3.8) is 0 Å². The number of para-hydroxylation sites is 1. The average molecular weight is 300 g/mol. The molecule has 0 radical (unpaired) electrons. The maximum atomic E-state index is 5.40. The van der Waals surface area contributed by atoms with E-state index in [1.54, 1.807) is 14.2 Å². The molecular weight excluding hydrogens is 274 g/mol. The van der Waals surface area contributed by atoms with Gasteiger partial charge in [0.15, 0.2) is 0 Å². The lowest BCUT2D eigenvalue weighted by atomic mass is 10.1. The Morgan fingerprint density at radius 3 is 2.36 bits per heavy atom. The summed E-state index contributed by atoms with van der Waals surface area (Å²) < 4.78 is 10.6. The molecule has 3 heteroatoms. The van der Waals surface area contributed by atoms with Crippen LogP contribution in [-0.4, -0.2) is 20.3 Å². The van der Waals surface area contributed by atoms with Crippen molar-refractivity contribution in [1.82, 2.24) is 0 Å². The van der Waals surface area contributed by atoms with Crippen LogP contribution in [0.15, 0.2) is 48.5 Å². The third-order valence-electron chi connectivity index (χ3n) is 3.98. The number of rotatable bonds is 8.